The third-order valence-electron chi connectivity index (χ3n) is 4.95. The molecule has 3 aromatic carbocycles. The van der Waals surface area contributed by atoms with Crippen LogP contribution in [0, 0.1) is 0 Å². The van der Waals surface area contributed by atoms with Gasteiger partial charge in [-0.05, 0) is 29.3 Å². The maximum atomic E-state index is 12.4. The molecule has 0 aliphatic heterocycles. The van der Waals surface area contributed by atoms with Crippen molar-refractivity contribution < 1.29 is 9.84 Å². The van der Waals surface area contributed by atoms with E-state index in [9.17, 15) is 5.11 Å². The number of benzene rings is 3. The predicted molar refractivity (Wildman–Crippen MR) is 121 cm³/mol. The predicted octanol–water partition coefficient (Wildman–Crippen LogP) is 4.73. The van der Waals surface area contributed by atoms with Gasteiger partial charge >= 0.3 is 0 Å². The second-order valence-corrected chi connectivity index (χ2v) is 6.89. The zero-order valence-corrected chi connectivity index (χ0v) is 17.2. The van der Waals surface area contributed by atoms with Crippen molar-refractivity contribution in [1.29, 1.82) is 0 Å². The molecule has 1 heterocycles. The molecule has 0 saturated heterocycles. The number of rotatable bonds is 7. The van der Waals surface area contributed by atoms with Gasteiger partial charge in [0.05, 0.1) is 6.61 Å². The average molecular weight is 409 g/mol. The number of hydrogen-bond donors (Lipinski definition) is 1. The summed E-state index contributed by atoms with van der Waals surface area (Å²) in [5.74, 6) is 0.351. The van der Waals surface area contributed by atoms with Gasteiger partial charge in [0, 0.05) is 5.57 Å². The van der Waals surface area contributed by atoms with Gasteiger partial charge in [-0.2, -0.15) is 9.78 Å². The summed E-state index contributed by atoms with van der Waals surface area (Å²) in [5.41, 5.74) is 4.66. The molecular formula is C26H23N3O2. The van der Waals surface area contributed by atoms with Gasteiger partial charge in [-0.25, -0.2) is 4.98 Å². The van der Waals surface area contributed by atoms with E-state index in [1.54, 1.807) is 6.33 Å². The van der Waals surface area contributed by atoms with E-state index in [2.05, 4.69) is 15.8 Å². The summed E-state index contributed by atoms with van der Waals surface area (Å²) >= 11 is 0. The first-order valence-electron chi connectivity index (χ1n) is 10.1. The largest absolute Gasteiger partial charge is 0.472 e. The van der Waals surface area contributed by atoms with Crippen LogP contribution in [0.25, 0.3) is 11.5 Å². The van der Waals surface area contributed by atoms with Crippen LogP contribution >= 0.6 is 0 Å². The minimum Gasteiger partial charge on any atom is -0.472 e. The molecule has 0 amide bonds. The Labute approximate surface area is 181 Å². The van der Waals surface area contributed by atoms with E-state index in [0.717, 1.165) is 16.7 Å². The first kappa shape index (κ1) is 20.4. The zero-order valence-electron chi connectivity index (χ0n) is 17.2. The summed E-state index contributed by atoms with van der Waals surface area (Å²) in [6, 6.07) is 28.9. The van der Waals surface area contributed by atoms with Crippen molar-refractivity contribution in [3.63, 3.8) is 0 Å². The zero-order chi connectivity index (χ0) is 21.5. The van der Waals surface area contributed by atoms with E-state index < -0.39 is 5.60 Å². The normalized spacial score (nSPS) is 10.9. The number of ether oxygens (including phenoxy) is 1. The maximum absolute atomic E-state index is 12.4. The second-order valence-electron chi connectivity index (χ2n) is 6.89. The highest BCUT2D eigenvalue weighted by atomic mass is 16.5. The number of hydrogen-bond acceptors (Lipinski definition) is 4. The molecule has 0 spiro atoms. The molecule has 0 aliphatic carbocycles. The quantitative estimate of drug-likeness (QED) is 0.354. The number of nitrogens with zero attached hydrogens (tertiary/aromatic N) is 3. The van der Waals surface area contributed by atoms with Crippen LogP contribution in [-0.4, -0.2) is 26.5 Å². The van der Waals surface area contributed by atoms with Crippen molar-refractivity contribution in [2.75, 3.05) is 6.61 Å². The Morgan fingerprint density at radius 2 is 1.45 bits per heavy atom. The average Bonchev–Trinajstić information content (AvgIpc) is 3.38. The van der Waals surface area contributed by atoms with E-state index in [1.165, 1.54) is 11.0 Å². The molecule has 154 valence electrons. The van der Waals surface area contributed by atoms with Crippen molar-refractivity contribution in [2.24, 2.45) is 0 Å². The van der Waals surface area contributed by atoms with Crippen molar-refractivity contribution in [2.45, 2.75) is 12.5 Å². The summed E-state index contributed by atoms with van der Waals surface area (Å²) < 4.78 is 7.34. The van der Waals surface area contributed by atoms with Crippen molar-refractivity contribution in [3.8, 4) is 0 Å². The third kappa shape index (κ3) is 4.19. The van der Waals surface area contributed by atoms with Crippen LogP contribution in [0.2, 0.25) is 0 Å². The van der Waals surface area contributed by atoms with Gasteiger partial charge in [-0.3, -0.25) is 0 Å². The first-order valence-corrected chi connectivity index (χ1v) is 10.1. The fraction of sp³-hybridized carbons (Fsp3) is 0.115. The number of aromatic nitrogens is 3. The van der Waals surface area contributed by atoms with Crippen molar-refractivity contribution >= 4 is 11.5 Å². The molecule has 0 atom stereocenters. The summed E-state index contributed by atoms with van der Waals surface area (Å²) in [6.45, 7) is 2.31. The molecule has 0 fully saturated rings. The maximum Gasteiger partial charge on any atom is 0.263 e. The Hall–Kier alpha value is -3.92. The summed E-state index contributed by atoms with van der Waals surface area (Å²) in [5, 5.41) is 16.6. The summed E-state index contributed by atoms with van der Waals surface area (Å²) in [6.07, 6.45) is 2.98. The van der Waals surface area contributed by atoms with Crippen LogP contribution in [0.4, 0.5) is 0 Å². The Kier molecular flexibility index (Phi) is 6.08. The minimum absolute atomic E-state index is 0.351. The van der Waals surface area contributed by atoms with Gasteiger partial charge < -0.3 is 9.84 Å². The molecule has 5 nitrogen and oxygen atoms in total. The third-order valence-corrected chi connectivity index (χ3v) is 4.95. The molecule has 4 aromatic rings. The summed E-state index contributed by atoms with van der Waals surface area (Å²) in [7, 11) is 0. The van der Waals surface area contributed by atoms with E-state index in [-0.39, 0.29) is 0 Å². The molecule has 1 N–H and O–H groups in total. The highest BCUT2D eigenvalue weighted by Crippen LogP contribution is 2.41. The first-order chi connectivity index (χ1) is 15.2. The fourth-order valence-electron chi connectivity index (χ4n) is 3.51. The van der Waals surface area contributed by atoms with Crippen LogP contribution in [0.1, 0.15) is 23.6 Å². The molecule has 0 aliphatic rings. The molecule has 0 saturated carbocycles. The SMILES string of the molecule is CCOC(=C=C(c1ccccc1)C(O)(c1ccccc1)c1ccccc1)n1cncn1. The van der Waals surface area contributed by atoms with Crippen LogP contribution < -0.4 is 0 Å². The molecule has 31 heavy (non-hydrogen) atoms. The van der Waals surface area contributed by atoms with Gasteiger partial charge in [-0.15, -0.1) is 0 Å². The monoisotopic (exact) mass is 409 g/mol. The van der Waals surface area contributed by atoms with Gasteiger partial charge in [0.25, 0.3) is 5.88 Å². The van der Waals surface area contributed by atoms with E-state index in [0.29, 0.717) is 18.1 Å². The molecular weight excluding hydrogens is 386 g/mol. The van der Waals surface area contributed by atoms with E-state index in [4.69, 9.17) is 4.74 Å². The lowest BCUT2D eigenvalue weighted by molar-refractivity contribution is 0.145. The number of aliphatic hydroxyl groups is 1. The molecule has 4 rings (SSSR count). The van der Waals surface area contributed by atoms with Gasteiger partial charge in [-0.1, -0.05) is 91.0 Å². The van der Waals surface area contributed by atoms with Crippen LogP contribution in [-0.2, 0) is 10.3 Å². The molecule has 0 radical (unpaired) electrons. The van der Waals surface area contributed by atoms with Gasteiger partial charge in [0.1, 0.15) is 18.3 Å². The van der Waals surface area contributed by atoms with E-state index >= 15 is 0 Å². The Morgan fingerprint density at radius 3 is 1.94 bits per heavy atom. The highest BCUT2D eigenvalue weighted by Gasteiger charge is 2.37. The lowest BCUT2D eigenvalue weighted by Gasteiger charge is -2.31. The fourth-order valence-corrected chi connectivity index (χ4v) is 3.51. The van der Waals surface area contributed by atoms with Crippen molar-refractivity contribution in [3.05, 3.63) is 126 Å². The molecule has 1 aromatic heterocycles. The standard InChI is InChI=1S/C26H23N3O2/c1-2-31-25(29-20-27-19-28-29)18-24(21-12-6-3-7-13-21)26(30,22-14-8-4-9-15-22)23-16-10-5-11-17-23/h3-17,19-20,30H,2H2,1H3. The lowest BCUT2D eigenvalue weighted by atomic mass is 9.77. The van der Waals surface area contributed by atoms with Crippen LogP contribution in [0.3, 0.4) is 0 Å². The van der Waals surface area contributed by atoms with Gasteiger partial charge in [0.2, 0.25) is 0 Å². The molecule has 0 unspecified atom stereocenters. The Balaban J connectivity index is 2.09. The van der Waals surface area contributed by atoms with E-state index in [1.807, 2.05) is 97.9 Å². The Bertz CT molecular complexity index is 1130. The topological polar surface area (TPSA) is 60.2 Å². The molecule has 0 bridgehead atoms. The molecule has 5 heteroatoms. The summed E-state index contributed by atoms with van der Waals surface area (Å²) in [4.78, 5) is 4.02. The van der Waals surface area contributed by atoms with Crippen molar-refractivity contribution in [1.82, 2.24) is 14.8 Å². The minimum atomic E-state index is -1.48. The van der Waals surface area contributed by atoms with Crippen LogP contribution in [0.15, 0.2) is 109 Å². The lowest BCUT2D eigenvalue weighted by Crippen LogP contribution is -2.29. The van der Waals surface area contributed by atoms with Gasteiger partial charge in [0.15, 0.2) is 0 Å². The van der Waals surface area contributed by atoms with Crippen LogP contribution in [0.5, 0.6) is 0 Å². The smallest absolute Gasteiger partial charge is 0.263 e. The highest BCUT2D eigenvalue weighted by molar-refractivity contribution is 5.79. The second kappa shape index (κ2) is 9.26. The Morgan fingerprint density at radius 1 is 0.903 bits per heavy atom.